The van der Waals surface area contributed by atoms with E-state index in [-0.39, 0.29) is 23.3 Å². The number of aromatic carboxylic acids is 1. The second kappa shape index (κ2) is 6.23. The third kappa shape index (κ3) is 3.49. The van der Waals surface area contributed by atoms with Gasteiger partial charge in [0.25, 0.3) is 0 Å². The summed E-state index contributed by atoms with van der Waals surface area (Å²) in [4.78, 5) is 24.9. The van der Waals surface area contributed by atoms with Crippen molar-refractivity contribution in [1.82, 2.24) is 4.90 Å². The maximum absolute atomic E-state index is 12.1. The van der Waals surface area contributed by atoms with Crippen LogP contribution in [0.5, 0.6) is 0 Å². The molecule has 1 atom stereocenters. The first kappa shape index (κ1) is 14.8. The van der Waals surface area contributed by atoms with E-state index in [1.165, 1.54) is 6.07 Å². The second-order valence-corrected chi connectivity index (χ2v) is 5.69. The van der Waals surface area contributed by atoms with Gasteiger partial charge in [-0.1, -0.05) is 15.9 Å². The van der Waals surface area contributed by atoms with Gasteiger partial charge in [-0.25, -0.2) is 9.59 Å². The second-order valence-electron chi connectivity index (χ2n) is 4.77. The fourth-order valence-electron chi connectivity index (χ4n) is 2.19. The van der Waals surface area contributed by atoms with Crippen LogP contribution < -0.4 is 11.1 Å². The van der Waals surface area contributed by atoms with E-state index in [9.17, 15) is 9.59 Å². The first-order valence-corrected chi connectivity index (χ1v) is 7.11. The largest absolute Gasteiger partial charge is 0.478 e. The molecule has 20 heavy (non-hydrogen) atoms. The summed E-state index contributed by atoms with van der Waals surface area (Å²) in [6, 6.07) is 4.38. The molecule has 1 aliphatic rings. The van der Waals surface area contributed by atoms with Gasteiger partial charge in [0.15, 0.2) is 0 Å². The molecule has 0 saturated carbocycles. The zero-order chi connectivity index (χ0) is 14.7. The number of piperidine rings is 1. The molecule has 0 aliphatic carbocycles. The van der Waals surface area contributed by atoms with Gasteiger partial charge in [-0.05, 0) is 31.0 Å². The number of rotatable bonds is 2. The molecule has 0 bridgehead atoms. The van der Waals surface area contributed by atoms with Gasteiger partial charge < -0.3 is 21.1 Å². The van der Waals surface area contributed by atoms with Crippen molar-refractivity contribution in [2.75, 3.05) is 18.4 Å². The van der Waals surface area contributed by atoms with Gasteiger partial charge in [0.05, 0.1) is 11.3 Å². The number of urea groups is 1. The van der Waals surface area contributed by atoms with Crippen molar-refractivity contribution in [2.24, 2.45) is 5.73 Å². The van der Waals surface area contributed by atoms with Crippen LogP contribution in [0.1, 0.15) is 23.2 Å². The highest BCUT2D eigenvalue weighted by molar-refractivity contribution is 9.10. The molecule has 4 N–H and O–H groups in total. The number of amides is 2. The fourth-order valence-corrected chi connectivity index (χ4v) is 2.55. The van der Waals surface area contributed by atoms with E-state index in [0.717, 1.165) is 12.8 Å². The Labute approximate surface area is 125 Å². The van der Waals surface area contributed by atoms with E-state index in [1.54, 1.807) is 17.0 Å². The summed E-state index contributed by atoms with van der Waals surface area (Å²) in [6.07, 6.45) is 1.77. The summed E-state index contributed by atoms with van der Waals surface area (Å²) in [5.41, 5.74) is 6.16. The van der Waals surface area contributed by atoms with Crippen LogP contribution >= 0.6 is 15.9 Å². The smallest absolute Gasteiger partial charge is 0.337 e. The minimum absolute atomic E-state index is 0.0154. The molecule has 6 nitrogen and oxygen atoms in total. The molecular weight excluding hydrogens is 326 g/mol. The number of hydrogen-bond donors (Lipinski definition) is 3. The predicted octanol–water partition coefficient (Wildman–Crippen LogP) is 2.10. The third-order valence-electron chi connectivity index (χ3n) is 3.20. The molecule has 1 heterocycles. The summed E-state index contributed by atoms with van der Waals surface area (Å²) < 4.78 is 0.646. The third-order valence-corrected chi connectivity index (χ3v) is 3.69. The number of benzene rings is 1. The summed E-state index contributed by atoms with van der Waals surface area (Å²) in [5.74, 6) is -1.09. The van der Waals surface area contributed by atoms with E-state index < -0.39 is 5.97 Å². The van der Waals surface area contributed by atoms with Crippen molar-refractivity contribution in [3.63, 3.8) is 0 Å². The number of carbonyl (C=O) groups is 2. The van der Waals surface area contributed by atoms with Gasteiger partial charge in [-0.2, -0.15) is 0 Å². The van der Waals surface area contributed by atoms with E-state index in [4.69, 9.17) is 10.8 Å². The van der Waals surface area contributed by atoms with E-state index in [2.05, 4.69) is 21.2 Å². The van der Waals surface area contributed by atoms with Crippen LogP contribution in [-0.2, 0) is 0 Å². The summed E-state index contributed by atoms with van der Waals surface area (Å²) in [5, 5.41) is 11.8. The number of likely N-dealkylation sites (tertiary alicyclic amines) is 1. The number of carboxylic acids is 1. The Balaban J connectivity index is 2.13. The molecular formula is C13H16BrN3O3. The van der Waals surface area contributed by atoms with Crippen LogP contribution in [0.2, 0.25) is 0 Å². The number of nitrogens with two attached hydrogens (primary N) is 1. The zero-order valence-corrected chi connectivity index (χ0v) is 12.4. The minimum atomic E-state index is -1.09. The SMILES string of the molecule is NC1CCCN(C(=O)Nc2ccc(Br)cc2C(=O)O)C1. The predicted molar refractivity (Wildman–Crippen MR) is 78.9 cm³/mol. The van der Waals surface area contributed by atoms with Gasteiger partial charge >= 0.3 is 12.0 Å². The van der Waals surface area contributed by atoms with Crippen LogP contribution in [0.3, 0.4) is 0 Å². The molecule has 2 rings (SSSR count). The van der Waals surface area contributed by atoms with Crippen LogP contribution in [0.15, 0.2) is 22.7 Å². The van der Waals surface area contributed by atoms with Crippen LogP contribution in [0, 0.1) is 0 Å². The number of anilines is 1. The molecule has 0 aromatic heterocycles. The van der Waals surface area contributed by atoms with Crippen molar-refractivity contribution in [3.8, 4) is 0 Å². The Morgan fingerprint density at radius 2 is 2.20 bits per heavy atom. The minimum Gasteiger partial charge on any atom is -0.478 e. The lowest BCUT2D eigenvalue weighted by Crippen LogP contribution is -2.47. The van der Waals surface area contributed by atoms with Crippen LogP contribution in [-0.4, -0.2) is 41.1 Å². The number of carbonyl (C=O) groups excluding carboxylic acids is 1. The fraction of sp³-hybridized carbons (Fsp3) is 0.385. The molecule has 7 heteroatoms. The summed E-state index contributed by atoms with van der Waals surface area (Å²) in [6.45, 7) is 1.13. The van der Waals surface area contributed by atoms with Crippen molar-refractivity contribution < 1.29 is 14.7 Å². The summed E-state index contributed by atoms with van der Waals surface area (Å²) in [7, 11) is 0. The molecule has 0 spiro atoms. The first-order chi connectivity index (χ1) is 9.47. The number of halogens is 1. The average molecular weight is 342 g/mol. The number of nitrogens with one attached hydrogen (secondary N) is 1. The van der Waals surface area contributed by atoms with Crippen molar-refractivity contribution >= 4 is 33.6 Å². The van der Waals surface area contributed by atoms with Gasteiger partial charge in [0, 0.05) is 23.6 Å². The molecule has 1 saturated heterocycles. The quantitative estimate of drug-likeness (QED) is 0.767. The van der Waals surface area contributed by atoms with Crippen LogP contribution in [0.4, 0.5) is 10.5 Å². The maximum atomic E-state index is 12.1. The Hall–Kier alpha value is -1.60. The van der Waals surface area contributed by atoms with E-state index >= 15 is 0 Å². The van der Waals surface area contributed by atoms with Gasteiger partial charge in [-0.15, -0.1) is 0 Å². The van der Waals surface area contributed by atoms with Gasteiger partial charge in [0.1, 0.15) is 0 Å². The lowest BCUT2D eigenvalue weighted by molar-refractivity contribution is 0.0698. The van der Waals surface area contributed by atoms with Crippen molar-refractivity contribution in [1.29, 1.82) is 0 Å². The molecule has 0 radical (unpaired) electrons. The number of nitrogens with zero attached hydrogens (tertiary/aromatic N) is 1. The Morgan fingerprint density at radius 1 is 1.45 bits per heavy atom. The lowest BCUT2D eigenvalue weighted by Gasteiger charge is -2.30. The van der Waals surface area contributed by atoms with Gasteiger partial charge in [-0.3, -0.25) is 0 Å². The topological polar surface area (TPSA) is 95.7 Å². The van der Waals surface area contributed by atoms with Crippen molar-refractivity contribution in [3.05, 3.63) is 28.2 Å². The Morgan fingerprint density at radius 3 is 2.85 bits per heavy atom. The van der Waals surface area contributed by atoms with E-state index in [1.807, 2.05) is 0 Å². The monoisotopic (exact) mass is 341 g/mol. The Kier molecular flexibility index (Phi) is 4.61. The molecule has 1 unspecified atom stereocenters. The number of hydrogen-bond acceptors (Lipinski definition) is 3. The molecule has 2 amide bonds. The molecule has 1 aliphatic heterocycles. The molecule has 1 aromatic rings. The van der Waals surface area contributed by atoms with E-state index in [0.29, 0.717) is 17.6 Å². The zero-order valence-electron chi connectivity index (χ0n) is 10.8. The van der Waals surface area contributed by atoms with Crippen molar-refractivity contribution in [2.45, 2.75) is 18.9 Å². The highest BCUT2D eigenvalue weighted by atomic mass is 79.9. The Bertz CT molecular complexity index is 536. The molecule has 1 fully saturated rings. The van der Waals surface area contributed by atoms with Gasteiger partial charge in [0.2, 0.25) is 0 Å². The highest BCUT2D eigenvalue weighted by Crippen LogP contribution is 2.22. The lowest BCUT2D eigenvalue weighted by atomic mass is 10.1. The molecule has 108 valence electrons. The molecule has 1 aromatic carbocycles. The maximum Gasteiger partial charge on any atom is 0.337 e. The average Bonchev–Trinajstić information content (AvgIpc) is 2.40. The normalized spacial score (nSPS) is 18.7. The first-order valence-electron chi connectivity index (χ1n) is 6.31. The summed E-state index contributed by atoms with van der Waals surface area (Å²) >= 11 is 3.21. The standard InChI is InChI=1S/C13H16BrN3O3/c14-8-3-4-11(10(6-8)12(18)19)16-13(20)17-5-1-2-9(15)7-17/h3-4,6,9H,1-2,5,7,15H2,(H,16,20)(H,18,19). The highest BCUT2D eigenvalue weighted by Gasteiger charge is 2.22. The van der Waals surface area contributed by atoms with Crippen LogP contribution in [0.25, 0.3) is 0 Å². The number of carboxylic acid groups (broad SMARTS) is 1.